The Balaban J connectivity index is 1.35. The first-order valence-electron chi connectivity index (χ1n) is 19.6. The first-order valence-corrected chi connectivity index (χ1v) is 19.6. The normalized spacial score (nSPS) is 11.0. The van der Waals surface area contributed by atoms with Gasteiger partial charge in [-0.3, -0.25) is 0 Å². The molecule has 0 fully saturated rings. The molecule has 62 heavy (non-hydrogen) atoms. The van der Waals surface area contributed by atoms with Crippen LogP contribution in [0.2, 0.25) is 0 Å². The third-order valence-corrected chi connectivity index (χ3v) is 11.2. The summed E-state index contributed by atoms with van der Waals surface area (Å²) in [6.45, 7) is 3.66. The third-order valence-electron chi connectivity index (χ3n) is 11.2. The van der Waals surface area contributed by atoms with Crippen molar-refractivity contribution in [2.75, 3.05) is 0 Å². The zero-order valence-electron chi connectivity index (χ0n) is 33.2. The SMILES string of the molecule is Cc1nc(C)nc(-c2c(-n3c4ccccc4c4ccc(-c5cc(C#N)cc(C#N)c5)cc43)cc(C#N)cc2-n2c3ccccc3c3ccc(-c4cc(C#N)cc(C#N)c4)cc32)n1. The molecule has 0 saturated heterocycles. The zero-order valence-corrected chi connectivity index (χ0v) is 33.2. The van der Waals surface area contributed by atoms with E-state index >= 15 is 0 Å². The van der Waals surface area contributed by atoms with Crippen LogP contribution in [0.1, 0.15) is 39.5 Å². The molecule has 0 bridgehead atoms. The van der Waals surface area contributed by atoms with Crippen molar-refractivity contribution in [2.45, 2.75) is 13.8 Å². The Morgan fingerprint density at radius 3 is 1.15 bits per heavy atom. The van der Waals surface area contributed by atoms with E-state index in [1.807, 2.05) is 86.6 Å². The lowest BCUT2D eigenvalue weighted by Gasteiger charge is -2.20. The lowest BCUT2D eigenvalue weighted by Crippen LogP contribution is -2.08. The summed E-state index contributed by atoms with van der Waals surface area (Å²) in [5.74, 6) is 1.47. The van der Waals surface area contributed by atoms with Crippen molar-refractivity contribution in [1.29, 1.82) is 26.3 Å². The van der Waals surface area contributed by atoms with E-state index in [1.54, 1.807) is 36.4 Å². The fourth-order valence-electron chi connectivity index (χ4n) is 8.65. The topological polar surface area (TPSA) is 167 Å². The van der Waals surface area contributed by atoms with E-state index in [0.717, 1.165) is 65.9 Å². The molecule has 0 aliphatic carbocycles. The molecule has 0 atom stereocenters. The number of hydrogen-bond donors (Lipinski definition) is 0. The second-order valence-electron chi connectivity index (χ2n) is 15.0. The van der Waals surface area contributed by atoms with Gasteiger partial charge in [-0.15, -0.1) is 0 Å². The van der Waals surface area contributed by atoms with E-state index in [-0.39, 0.29) is 0 Å². The van der Waals surface area contributed by atoms with Gasteiger partial charge in [0.2, 0.25) is 0 Å². The van der Waals surface area contributed by atoms with Crippen molar-refractivity contribution in [3.05, 3.63) is 173 Å². The molecule has 10 heteroatoms. The van der Waals surface area contributed by atoms with Crippen LogP contribution in [0.5, 0.6) is 0 Å². The van der Waals surface area contributed by atoms with Gasteiger partial charge in [-0.2, -0.15) is 26.3 Å². The van der Waals surface area contributed by atoms with Crippen LogP contribution in [0.3, 0.4) is 0 Å². The minimum Gasteiger partial charge on any atom is -0.308 e. The van der Waals surface area contributed by atoms with Crippen LogP contribution in [-0.4, -0.2) is 24.1 Å². The predicted octanol–water partition coefficient (Wildman–Crippen LogP) is 11.0. The first kappa shape index (κ1) is 36.9. The number of nitrogens with zero attached hydrogens (tertiary/aromatic N) is 10. The minimum atomic E-state index is 0.381. The highest BCUT2D eigenvalue weighted by atomic mass is 15.1. The van der Waals surface area contributed by atoms with Crippen LogP contribution in [0.4, 0.5) is 0 Å². The summed E-state index contributed by atoms with van der Waals surface area (Å²) in [5, 5.41) is 54.1. The molecule has 10 nitrogen and oxygen atoms in total. The number of hydrogen-bond acceptors (Lipinski definition) is 8. The molecule has 10 aromatic rings. The number of fused-ring (bicyclic) bond motifs is 6. The van der Waals surface area contributed by atoms with Gasteiger partial charge >= 0.3 is 0 Å². The largest absolute Gasteiger partial charge is 0.308 e. The summed E-state index contributed by atoms with van der Waals surface area (Å²) >= 11 is 0. The molecule has 3 aromatic heterocycles. The standard InChI is InChI=1S/C52H28N10/c1-30-58-31(2)60-52(59-30)51-49(61-45-9-5-3-7-41(45)43-13-11-37(23-47(43)61)39-17-32(25-53)15-33(18-39)26-54)21-36(29-57)22-50(51)62-46-10-6-4-8-42(46)44-14-12-38(24-48(44)62)40-19-34(27-55)16-35(20-40)28-56/h3-24H,1-2H3. The summed E-state index contributed by atoms with van der Waals surface area (Å²) in [6.07, 6.45) is 0. The Hall–Kier alpha value is -9.40. The first-order chi connectivity index (χ1) is 30.3. The van der Waals surface area contributed by atoms with Gasteiger partial charge in [0.05, 0.1) is 97.2 Å². The Morgan fingerprint density at radius 2 is 0.742 bits per heavy atom. The van der Waals surface area contributed by atoms with Crippen LogP contribution >= 0.6 is 0 Å². The average molecular weight is 793 g/mol. The second kappa shape index (κ2) is 14.5. The quantitative estimate of drug-likeness (QED) is 0.166. The maximum absolute atomic E-state index is 10.9. The Kier molecular flexibility index (Phi) is 8.61. The molecule has 286 valence electrons. The monoisotopic (exact) mass is 792 g/mol. The smallest absolute Gasteiger partial charge is 0.167 e. The van der Waals surface area contributed by atoms with Crippen molar-refractivity contribution in [1.82, 2.24) is 24.1 Å². The fourth-order valence-corrected chi connectivity index (χ4v) is 8.65. The summed E-state index contributed by atoms with van der Waals surface area (Å²) in [7, 11) is 0. The van der Waals surface area contributed by atoms with Crippen LogP contribution in [0.15, 0.2) is 133 Å². The molecular weight excluding hydrogens is 765 g/mol. The number of aromatic nitrogens is 5. The second-order valence-corrected chi connectivity index (χ2v) is 15.0. The Bertz CT molecular complexity index is 3500. The number of aryl methyl sites for hydroxylation is 2. The van der Waals surface area contributed by atoms with Crippen LogP contribution in [0, 0.1) is 70.5 Å². The highest BCUT2D eigenvalue weighted by Crippen LogP contribution is 2.43. The van der Waals surface area contributed by atoms with Crippen molar-refractivity contribution in [3.8, 4) is 75.4 Å². The average Bonchev–Trinajstić information content (AvgIpc) is 3.82. The zero-order chi connectivity index (χ0) is 42.6. The van der Waals surface area contributed by atoms with Crippen LogP contribution < -0.4 is 0 Å². The van der Waals surface area contributed by atoms with Crippen LogP contribution in [0.25, 0.3) is 88.6 Å². The van der Waals surface area contributed by atoms with Gasteiger partial charge in [-0.05, 0) is 109 Å². The number of benzene rings is 7. The van der Waals surface area contributed by atoms with Gasteiger partial charge in [0.25, 0.3) is 0 Å². The van der Waals surface area contributed by atoms with Gasteiger partial charge < -0.3 is 9.13 Å². The van der Waals surface area contributed by atoms with Gasteiger partial charge in [0.15, 0.2) is 5.82 Å². The molecule has 0 N–H and O–H groups in total. The molecule has 0 aliphatic rings. The van der Waals surface area contributed by atoms with E-state index in [2.05, 4.69) is 68.7 Å². The highest BCUT2D eigenvalue weighted by Gasteiger charge is 2.26. The molecule has 0 amide bonds. The summed E-state index contributed by atoms with van der Waals surface area (Å²) in [4.78, 5) is 14.5. The maximum Gasteiger partial charge on any atom is 0.167 e. The third kappa shape index (κ3) is 5.95. The molecular formula is C52H28N10. The van der Waals surface area contributed by atoms with Gasteiger partial charge in [-0.25, -0.2) is 15.0 Å². The van der Waals surface area contributed by atoms with Crippen molar-refractivity contribution < 1.29 is 0 Å². The minimum absolute atomic E-state index is 0.381. The molecule has 10 rings (SSSR count). The van der Waals surface area contributed by atoms with E-state index in [0.29, 0.717) is 62.2 Å². The van der Waals surface area contributed by atoms with Gasteiger partial charge in [0.1, 0.15) is 11.6 Å². The summed E-state index contributed by atoms with van der Waals surface area (Å²) in [6, 6.07) is 53.6. The molecule has 0 spiro atoms. The lowest BCUT2D eigenvalue weighted by molar-refractivity contribution is 0.924. The molecule has 0 saturated carbocycles. The number of para-hydroxylation sites is 2. The Morgan fingerprint density at radius 1 is 0.371 bits per heavy atom. The van der Waals surface area contributed by atoms with Crippen molar-refractivity contribution >= 4 is 43.6 Å². The molecule has 0 aliphatic heterocycles. The van der Waals surface area contributed by atoms with E-state index in [1.165, 1.54) is 0 Å². The van der Waals surface area contributed by atoms with Gasteiger partial charge in [0, 0.05) is 21.5 Å². The molecule has 0 unspecified atom stereocenters. The van der Waals surface area contributed by atoms with Crippen molar-refractivity contribution in [3.63, 3.8) is 0 Å². The predicted molar refractivity (Wildman–Crippen MR) is 238 cm³/mol. The molecule has 7 aromatic carbocycles. The number of rotatable bonds is 5. The Labute approximate surface area is 354 Å². The molecule has 3 heterocycles. The van der Waals surface area contributed by atoms with E-state index in [4.69, 9.17) is 9.97 Å². The van der Waals surface area contributed by atoms with Gasteiger partial charge in [-0.1, -0.05) is 60.7 Å². The highest BCUT2D eigenvalue weighted by molar-refractivity contribution is 6.13. The maximum atomic E-state index is 10.9. The summed E-state index contributed by atoms with van der Waals surface area (Å²) < 4.78 is 4.27. The fraction of sp³-hybridized carbons (Fsp3) is 0.0385. The van der Waals surface area contributed by atoms with Crippen molar-refractivity contribution in [2.24, 2.45) is 0 Å². The number of nitriles is 5. The molecule has 0 radical (unpaired) electrons. The summed E-state index contributed by atoms with van der Waals surface area (Å²) in [5.41, 5.74) is 10.3. The lowest BCUT2D eigenvalue weighted by atomic mass is 9.99. The van der Waals surface area contributed by atoms with Crippen LogP contribution in [-0.2, 0) is 0 Å². The van der Waals surface area contributed by atoms with E-state index in [9.17, 15) is 26.3 Å². The van der Waals surface area contributed by atoms with E-state index < -0.39 is 0 Å².